The van der Waals surface area contributed by atoms with Crippen LogP contribution >= 0.6 is 0 Å². The molecule has 2 aromatic carbocycles. The number of nitrogens with zero attached hydrogens (tertiary/aromatic N) is 3. The zero-order chi connectivity index (χ0) is 23.3. The third-order valence-corrected chi connectivity index (χ3v) is 7.44. The number of aromatic nitrogens is 3. The summed E-state index contributed by atoms with van der Waals surface area (Å²) in [6.45, 7) is 1.89. The lowest BCUT2D eigenvalue weighted by Crippen LogP contribution is -2.22. The van der Waals surface area contributed by atoms with Crippen molar-refractivity contribution in [3.8, 4) is 17.0 Å². The van der Waals surface area contributed by atoms with Gasteiger partial charge in [-0.15, -0.1) is 0 Å². The van der Waals surface area contributed by atoms with Crippen LogP contribution in [0.1, 0.15) is 5.56 Å². The van der Waals surface area contributed by atoms with E-state index in [4.69, 9.17) is 4.74 Å². The molecule has 0 aliphatic rings. The highest BCUT2D eigenvalue weighted by atomic mass is 32.2. The van der Waals surface area contributed by atoms with Gasteiger partial charge in [0, 0.05) is 41.8 Å². The van der Waals surface area contributed by atoms with E-state index < -0.39 is 10.0 Å². The van der Waals surface area contributed by atoms with Gasteiger partial charge in [-0.25, -0.2) is 17.4 Å². The van der Waals surface area contributed by atoms with Gasteiger partial charge in [0.1, 0.15) is 5.52 Å². The molecule has 5 aromatic rings. The summed E-state index contributed by atoms with van der Waals surface area (Å²) < 4.78 is 34.4. The van der Waals surface area contributed by atoms with Crippen LogP contribution in [-0.4, -0.2) is 29.1 Å². The van der Waals surface area contributed by atoms with Crippen LogP contribution in [0.2, 0.25) is 0 Å². The second-order valence-electron chi connectivity index (χ2n) is 7.91. The highest BCUT2D eigenvalue weighted by Gasteiger charge is 2.23. The number of pyridine rings is 2. The maximum absolute atomic E-state index is 13.4. The van der Waals surface area contributed by atoms with Crippen LogP contribution in [-0.2, 0) is 17.1 Å². The van der Waals surface area contributed by atoms with Gasteiger partial charge < -0.3 is 9.30 Å². The molecular formula is C25H21N3O4S. The van der Waals surface area contributed by atoms with Gasteiger partial charge >= 0.3 is 0 Å². The summed E-state index contributed by atoms with van der Waals surface area (Å²) in [4.78, 5) is 17.6. The molecule has 0 aliphatic heterocycles. The summed E-state index contributed by atoms with van der Waals surface area (Å²) in [6.07, 6.45) is 3.17. The first-order valence-electron chi connectivity index (χ1n) is 10.3. The topological polar surface area (TPSA) is 83.2 Å². The van der Waals surface area contributed by atoms with Crippen molar-refractivity contribution < 1.29 is 13.2 Å². The number of methoxy groups -OCH3 is 1. The van der Waals surface area contributed by atoms with Crippen LogP contribution in [0.3, 0.4) is 0 Å². The standard InChI is InChI=1S/C25H21N3O4S/c1-16-4-8-19(9-5-16)33(30,31)28-13-12-20-21(15-27(2)25(29)24(20)28)17-6-10-22-18(14-17)7-11-23(26-22)32-3/h4-15H,1-3H3. The molecule has 33 heavy (non-hydrogen) atoms. The maximum Gasteiger partial charge on any atom is 0.275 e. The molecule has 0 aliphatic carbocycles. The first-order chi connectivity index (χ1) is 15.8. The van der Waals surface area contributed by atoms with E-state index in [1.807, 2.05) is 31.2 Å². The Kier molecular flexibility index (Phi) is 4.83. The van der Waals surface area contributed by atoms with Crippen LogP contribution in [0.5, 0.6) is 5.88 Å². The molecule has 0 amide bonds. The van der Waals surface area contributed by atoms with E-state index in [1.165, 1.54) is 10.8 Å². The van der Waals surface area contributed by atoms with Crippen LogP contribution in [0.4, 0.5) is 0 Å². The van der Waals surface area contributed by atoms with Gasteiger partial charge in [-0.3, -0.25) is 4.79 Å². The molecule has 7 nitrogen and oxygen atoms in total. The van der Waals surface area contributed by atoms with E-state index in [9.17, 15) is 13.2 Å². The lowest BCUT2D eigenvalue weighted by atomic mass is 10.0. The Labute approximate surface area is 190 Å². The molecule has 0 saturated carbocycles. The van der Waals surface area contributed by atoms with Crippen molar-refractivity contribution in [1.82, 2.24) is 13.5 Å². The number of aryl methyl sites for hydroxylation is 2. The van der Waals surface area contributed by atoms with Crippen LogP contribution in [0.25, 0.3) is 32.9 Å². The fourth-order valence-corrected chi connectivity index (χ4v) is 5.32. The maximum atomic E-state index is 13.4. The number of ether oxygens (including phenoxy) is 1. The van der Waals surface area contributed by atoms with Gasteiger partial charge in [0.2, 0.25) is 5.88 Å². The molecular weight excluding hydrogens is 438 g/mol. The van der Waals surface area contributed by atoms with Gasteiger partial charge in [0.05, 0.1) is 17.5 Å². The molecule has 0 radical (unpaired) electrons. The minimum absolute atomic E-state index is 0.114. The Morgan fingerprint density at radius 1 is 0.970 bits per heavy atom. The molecule has 0 saturated heterocycles. The number of hydrogen-bond acceptors (Lipinski definition) is 5. The third-order valence-electron chi connectivity index (χ3n) is 5.75. The molecule has 5 rings (SSSR count). The minimum Gasteiger partial charge on any atom is -0.481 e. The Bertz CT molecular complexity index is 1700. The Morgan fingerprint density at radius 3 is 2.45 bits per heavy atom. The van der Waals surface area contributed by atoms with E-state index in [1.54, 1.807) is 56.8 Å². The van der Waals surface area contributed by atoms with Gasteiger partial charge in [-0.1, -0.05) is 23.8 Å². The second-order valence-corrected chi connectivity index (χ2v) is 9.73. The number of hydrogen-bond donors (Lipinski definition) is 0. The highest BCUT2D eigenvalue weighted by Crippen LogP contribution is 2.31. The van der Waals surface area contributed by atoms with Crippen molar-refractivity contribution in [3.05, 3.63) is 89.0 Å². The van der Waals surface area contributed by atoms with Crippen molar-refractivity contribution in [2.45, 2.75) is 11.8 Å². The normalized spacial score (nSPS) is 11.8. The van der Waals surface area contributed by atoms with E-state index in [0.717, 1.165) is 31.6 Å². The van der Waals surface area contributed by atoms with Crippen LogP contribution in [0.15, 0.2) is 82.7 Å². The van der Waals surface area contributed by atoms with Crippen molar-refractivity contribution in [3.63, 3.8) is 0 Å². The van der Waals surface area contributed by atoms with Gasteiger partial charge in [-0.05, 0) is 48.9 Å². The lowest BCUT2D eigenvalue weighted by Gasteiger charge is -2.11. The zero-order valence-corrected chi connectivity index (χ0v) is 19.1. The fourth-order valence-electron chi connectivity index (χ4n) is 3.97. The Morgan fingerprint density at radius 2 is 1.73 bits per heavy atom. The monoisotopic (exact) mass is 459 g/mol. The smallest absolute Gasteiger partial charge is 0.275 e. The molecule has 0 atom stereocenters. The highest BCUT2D eigenvalue weighted by molar-refractivity contribution is 7.90. The summed E-state index contributed by atoms with van der Waals surface area (Å²) in [6, 6.07) is 17.7. The molecule has 0 spiro atoms. The van der Waals surface area contributed by atoms with Crippen molar-refractivity contribution in [2.75, 3.05) is 7.11 Å². The lowest BCUT2D eigenvalue weighted by molar-refractivity contribution is 0.399. The average Bonchev–Trinajstić information content (AvgIpc) is 3.27. The first kappa shape index (κ1) is 21.0. The molecule has 3 heterocycles. The summed E-state index contributed by atoms with van der Waals surface area (Å²) in [7, 11) is -0.752. The molecule has 0 bridgehead atoms. The zero-order valence-electron chi connectivity index (χ0n) is 18.3. The summed E-state index contributed by atoms with van der Waals surface area (Å²) >= 11 is 0. The molecule has 166 valence electrons. The van der Waals surface area contributed by atoms with Gasteiger partial charge in [-0.2, -0.15) is 0 Å². The Balaban J connectivity index is 1.74. The molecule has 0 fully saturated rings. The van der Waals surface area contributed by atoms with Gasteiger partial charge in [0.25, 0.3) is 15.6 Å². The average molecular weight is 460 g/mol. The van der Waals surface area contributed by atoms with Gasteiger partial charge in [0.15, 0.2) is 0 Å². The second kappa shape index (κ2) is 7.60. The first-order valence-corrected chi connectivity index (χ1v) is 11.7. The number of benzene rings is 2. The summed E-state index contributed by atoms with van der Waals surface area (Å²) in [5.74, 6) is 0.526. The predicted octanol–water partition coefficient (Wildman–Crippen LogP) is 4.11. The molecule has 0 unspecified atom stereocenters. The quantitative estimate of drug-likeness (QED) is 0.404. The Hall–Kier alpha value is -3.91. The third kappa shape index (κ3) is 3.39. The van der Waals surface area contributed by atoms with Crippen molar-refractivity contribution in [2.24, 2.45) is 7.05 Å². The molecule has 8 heteroatoms. The number of rotatable bonds is 4. The van der Waals surface area contributed by atoms with E-state index in [0.29, 0.717) is 11.3 Å². The SMILES string of the molecule is COc1ccc2cc(-c3cn(C)c(=O)c4c3ccn4S(=O)(=O)c3ccc(C)cc3)ccc2n1. The van der Waals surface area contributed by atoms with Crippen molar-refractivity contribution in [1.29, 1.82) is 0 Å². The van der Waals surface area contributed by atoms with Crippen LogP contribution < -0.4 is 10.3 Å². The molecule has 0 N–H and O–H groups in total. The van der Waals surface area contributed by atoms with Crippen molar-refractivity contribution >= 4 is 31.8 Å². The minimum atomic E-state index is -3.94. The summed E-state index contributed by atoms with van der Waals surface area (Å²) in [5, 5.41) is 1.47. The predicted molar refractivity (Wildman–Crippen MR) is 128 cm³/mol. The number of fused-ring (bicyclic) bond motifs is 2. The van der Waals surface area contributed by atoms with E-state index in [2.05, 4.69) is 4.98 Å². The molecule has 3 aromatic heterocycles. The fraction of sp³-hybridized carbons (Fsp3) is 0.120. The largest absolute Gasteiger partial charge is 0.481 e. The van der Waals surface area contributed by atoms with Crippen LogP contribution in [0, 0.1) is 6.92 Å². The van der Waals surface area contributed by atoms with E-state index in [-0.39, 0.29) is 16.0 Å². The summed E-state index contributed by atoms with van der Waals surface area (Å²) in [5.41, 5.74) is 3.06. The van der Waals surface area contributed by atoms with E-state index >= 15 is 0 Å².